The zero-order chi connectivity index (χ0) is 23.0. The minimum Gasteiger partial charge on any atom is -0.367 e. The molecular weight excluding hydrogens is 380 g/mol. The van der Waals surface area contributed by atoms with E-state index < -0.39 is 11.7 Å². The minimum atomic E-state index is -1.26. The van der Waals surface area contributed by atoms with Gasteiger partial charge in [0, 0.05) is 5.41 Å². The van der Waals surface area contributed by atoms with Crippen molar-refractivity contribution >= 4 is 0 Å². The standard InChI is InChI=1S/C29H56O2/c1-5-7-9-11-13-15-17-19-21-26-23-24-29(4,28(30)31)25(3)27(26)22-20-18-16-14-12-10-8-6-2/h23-28,30-31H,5-22H2,1-4H3. The van der Waals surface area contributed by atoms with E-state index in [1.54, 1.807) is 0 Å². The maximum atomic E-state index is 10.1. The Balaban J connectivity index is 2.43. The fourth-order valence-corrected chi connectivity index (χ4v) is 5.58. The van der Waals surface area contributed by atoms with Crippen molar-refractivity contribution in [1.82, 2.24) is 0 Å². The Bertz CT molecular complexity index is 444. The molecule has 31 heavy (non-hydrogen) atoms. The van der Waals surface area contributed by atoms with Crippen LogP contribution in [0.4, 0.5) is 0 Å². The Morgan fingerprint density at radius 2 is 1.10 bits per heavy atom. The molecule has 0 fully saturated rings. The molecule has 0 aliphatic heterocycles. The first kappa shape index (κ1) is 28.7. The number of allylic oxidation sites excluding steroid dienone is 1. The van der Waals surface area contributed by atoms with Crippen LogP contribution >= 0.6 is 0 Å². The van der Waals surface area contributed by atoms with Crippen LogP contribution < -0.4 is 0 Å². The van der Waals surface area contributed by atoms with Crippen molar-refractivity contribution in [3.8, 4) is 0 Å². The molecule has 1 aliphatic rings. The normalized spacial score (nSPS) is 26.1. The van der Waals surface area contributed by atoms with Crippen molar-refractivity contribution < 1.29 is 10.2 Å². The van der Waals surface area contributed by atoms with Crippen LogP contribution in [0.25, 0.3) is 0 Å². The van der Waals surface area contributed by atoms with Crippen LogP contribution in [0, 0.1) is 23.2 Å². The highest BCUT2D eigenvalue weighted by Crippen LogP contribution is 2.47. The third kappa shape index (κ3) is 10.9. The molecule has 0 saturated heterocycles. The summed E-state index contributed by atoms with van der Waals surface area (Å²) in [5.41, 5.74) is -0.499. The molecule has 0 aromatic heterocycles. The average molecular weight is 437 g/mol. The fourth-order valence-electron chi connectivity index (χ4n) is 5.58. The molecule has 0 aromatic carbocycles. The van der Waals surface area contributed by atoms with Crippen molar-refractivity contribution in [3.63, 3.8) is 0 Å². The second-order valence-corrected chi connectivity index (χ2v) is 10.7. The van der Waals surface area contributed by atoms with E-state index in [0.29, 0.717) is 17.8 Å². The summed E-state index contributed by atoms with van der Waals surface area (Å²) in [7, 11) is 0. The van der Waals surface area contributed by atoms with Gasteiger partial charge in [-0.3, -0.25) is 0 Å². The Kier molecular flexibility index (Phi) is 15.9. The van der Waals surface area contributed by atoms with Crippen LogP contribution in [0.5, 0.6) is 0 Å². The second-order valence-electron chi connectivity index (χ2n) is 10.7. The van der Waals surface area contributed by atoms with E-state index in [-0.39, 0.29) is 0 Å². The lowest BCUT2D eigenvalue weighted by atomic mass is 9.61. The quantitative estimate of drug-likeness (QED) is 0.121. The summed E-state index contributed by atoms with van der Waals surface area (Å²) in [5.74, 6) is 1.52. The van der Waals surface area contributed by atoms with Gasteiger partial charge in [-0.1, -0.05) is 143 Å². The number of hydrogen-bond acceptors (Lipinski definition) is 2. The van der Waals surface area contributed by atoms with Crippen LogP contribution in [0.1, 0.15) is 143 Å². The highest BCUT2D eigenvalue weighted by Gasteiger charge is 2.44. The molecule has 1 aliphatic carbocycles. The predicted molar refractivity (Wildman–Crippen MR) is 136 cm³/mol. The summed E-state index contributed by atoms with van der Waals surface area (Å²) in [6, 6.07) is 0. The summed E-state index contributed by atoms with van der Waals surface area (Å²) >= 11 is 0. The van der Waals surface area contributed by atoms with E-state index in [0.717, 1.165) is 0 Å². The van der Waals surface area contributed by atoms with Gasteiger partial charge in [0.1, 0.15) is 0 Å². The van der Waals surface area contributed by atoms with Crippen molar-refractivity contribution in [2.45, 2.75) is 150 Å². The smallest absolute Gasteiger partial charge is 0.160 e. The lowest BCUT2D eigenvalue weighted by molar-refractivity contribution is -0.141. The van der Waals surface area contributed by atoms with Crippen LogP contribution in [0.15, 0.2) is 12.2 Å². The summed E-state index contributed by atoms with van der Waals surface area (Å²) < 4.78 is 0. The van der Waals surface area contributed by atoms with Gasteiger partial charge in [-0.15, -0.1) is 0 Å². The van der Waals surface area contributed by atoms with Gasteiger partial charge in [0.2, 0.25) is 0 Å². The Labute approximate surface area is 195 Å². The van der Waals surface area contributed by atoms with Gasteiger partial charge in [0.15, 0.2) is 6.29 Å². The molecule has 0 amide bonds. The maximum absolute atomic E-state index is 10.1. The fraction of sp³-hybridized carbons (Fsp3) is 0.931. The number of rotatable bonds is 19. The summed E-state index contributed by atoms with van der Waals surface area (Å²) in [6.07, 6.45) is 27.6. The van der Waals surface area contributed by atoms with E-state index in [9.17, 15) is 10.2 Å². The Hall–Kier alpha value is -0.340. The molecule has 1 rings (SSSR count). The zero-order valence-corrected chi connectivity index (χ0v) is 21.6. The lowest BCUT2D eigenvalue weighted by Gasteiger charge is -2.45. The summed E-state index contributed by atoms with van der Waals surface area (Å²) in [4.78, 5) is 0. The van der Waals surface area contributed by atoms with Crippen molar-refractivity contribution in [2.24, 2.45) is 23.2 Å². The van der Waals surface area contributed by atoms with E-state index in [2.05, 4.69) is 32.9 Å². The number of aliphatic hydroxyl groups excluding tert-OH is 1. The molecule has 4 atom stereocenters. The van der Waals surface area contributed by atoms with Gasteiger partial charge in [-0.2, -0.15) is 0 Å². The number of unbranched alkanes of at least 4 members (excludes halogenated alkanes) is 14. The lowest BCUT2D eigenvalue weighted by Crippen LogP contribution is -2.44. The van der Waals surface area contributed by atoms with Crippen LogP contribution in [0.2, 0.25) is 0 Å². The van der Waals surface area contributed by atoms with Gasteiger partial charge in [0.25, 0.3) is 0 Å². The number of aliphatic hydroxyl groups is 2. The van der Waals surface area contributed by atoms with Gasteiger partial charge in [0.05, 0.1) is 0 Å². The first-order chi connectivity index (χ1) is 15.0. The minimum absolute atomic E-state index is 0.320. The summed E-state index contributed by atoms with van der Waals surface area (Å²) in [5, 5.41) is 20.1. The predicted octanol–water partition coefficient (Wildman–Crippen LogP) is 8.80. The largest absolute Gasteiger partial charge is 0.367 e. The van der Waals surface area contributed by atoms with Crippen LogP contribution in [0.3, 0.4) is 0 Å². The molecule has 0 saturated carbocycles. The van der Waals surface area contributed by atoms with Crippen molar-refractivity contribution in [2.75, 3.05) is 0 Å². The average Bonchev–Trinajstić information content (AvgIpc) is 2.75. The zero-order valence-electron chi connectivity index (χ0n) is 21.6. The van der Waals surface area contributed by atoms with E-state index in [1.165, 1.54) is 116 Å². The molecule has 0 radical (unpaired) electrons. The van der Waals surface area contributed by atoms with Crippen molar-refractivity contribution in [1.29, 1.82) is 0 Å². The van der Waals surface area contributed by atoms with Gasteiger partial charge >= 0.3 is 0 Å². The second kappa shape index (κ2) is 17.2. The molecule has 0 spiro atoms. The van der Waals surface area contributed by atoms with Gasteiger partial charge in [-0.25, -0.2) is 0 Å². The molecule has 2 nitrogen and oxygen atoms in total. The molecule has 184 valence electrons. The monoisotopic (exact) mass is 436 g/mol. The van der Waals surface area contributed by atoms with Crippen molar-refractivity contribution in [3.05, 3.63) is 12.2 Å². The van der Waals surface area contributed by atoms with Gasteiger partial charge < -0.3 is 10.2 Å². The summed E-state index contributed by atoms with van der Waals surface area (Å²) in [6.45, 7) is 8.86. The highest BCUT2D eigenvalue weighted by atomic mass is 16.5. The van der Waals surface area contributed by atoms with E-state index >= 15 is 0 Å². The highest BCUT2D eigenvalue weighted by molar-refractivity contribution is 5.11. The van der Waals surface area contributed by atoms with E-state index in [1.807, 2.05) is 6.92 Å². The third-order valence-corrected chi connectivity index (χ3v) is 8.21. The number of hydrogen-bond donors (Lipinski definition) is 2. The molecule has 4 unspecified atom stereocenters. The molecule has 0 bridgehead atoms. The van der Waals surface area contributed by atoms with Crippen LogP contribution in [-0.2, 0) is 0 Å². The molecule has 2 heteroatoms. The first-order valence-corrected chi connectivity index (χ1v) is 14.0. The first-order valence-electron chi connectivity index (χ1n) is 14.0. The van der Waals surface area contributed by atoms with Crippen LogP contribution in [-0.4, -0.2) is 16.5 Å². The third-order valence-electron chi connectivity index (χ3n) is 8.21. The Morgan fingerprint density at radius 3 is 1.55 bits per heavy atom. The molecule has 0 aromatic rings. The molecule has 0 heterocycles. The van der Waals surface area contributed by atoms with Gasteiger partial charge in [-0.05, 0) is 30.6 Å². The molecular formula is C29H56O2. The van der Waals surface area contributed by atoms with E-state index in [4.69, 9.17) is 0 Å². The maximum Gasteiger partial charge on any atom is 0.160 e. The SMILES string of the molecule is CCCCCCCCCCC1C=CC(C)(C(O)O)C(C)C1CCCCCCCCCC. The Morgan fingerprint density at radius 1 is 0.677 bits per heavy atom. The molecule has 2 N–H and O–H groups in total. The topological polar surface area (TPSA) is 40.5 Å².